The van der Waals surface area contributed by atoms with Gasteiger partial charge in [-0.25, -0.2) is 8.78 Å². The van der Waals surface area contributed by atoms with Crippen molar-refractivity contribution in [3.8, 4) is 11.5 Å². The lowest BCUT2D eigenvalue weighted by molar-refractivity contribution is -0.136. The monoisotopic (exact) mass is 374 g/mol. The lowest BCUT2D eigenvalue weighted by Crippen LogP contribution is -2.04. The Labute approximate surface area is 153 Å². The average molecular weight is 374 g/mol. The molecule has 0 saturated heterocycles. The maximum Gasteiger partial charge on any atom is 0.307 e. The van der Waals surface area contributed by atoms with Crippen LogP contribution in [0.15, 0.2) is 47.4 Å². The molecule has 0 fully saturated rings. The molecule has 0 bridgehead atoms. The van der Waals surface area contributed by atoms with Crippen molar-refractivity contribution in [1.82, 2.24) is 0 Å². The third-order valence-corrected chi connectivity index (χ3v) is 4.87. The molecule has 1 N–H and O–H groups in total. The molecule has 0 aliphatic rings. The quantitative estimate of drug-likeness (QED) is 0.593. The second-order valence-electron chi connectivity index (χ2n) is 5.82. The lowest BCUT2D eigenvalue weighted by Gasteiger charge is -2.16. The van der Waals surface area contributed by atoms with Crippen LogP contribution in [0.2, 0.25) is 0 Å². The zero-order valence-corrected chi connectivity index (χ0v) is 15.0. The molecule has 0 unspecified atom stereocenters. The summed E-state index contributed by atoms with van der Waals surface area (Å²) in [6.45, 7) is 1.71. The fraction of sp³-hybridized carbons (Fsp3) is 0.150. The second-order valence-corrected chi connectivity index (χ2v) is 6.67. The molecule has 0 radical (unpaired) electrons. The molecule has 3 rings (SSSR count). The summed E-state index contributed by atoms with van der Waals surface area (Å²) in [5.74, 6) is -1.23. The summed E-state index contributed by atoms with van der Waals surface area (Å²) >= 11 is 1.28. The third kappa shape index (κ3) is 3.65. The van der Waals surface area contributed by atoms with Gasteiger partial charge in [0.25, 0.3) is 0 Å². The molecule has 0 amide bonds. The third-order valence-electron chi connectivity index (χ3n) is 4.10. The molecule has 0 spiro atoms. The number of halogens is 2. The van der Waals surface area contributed by atoms with Gasteiger partial charge in [0.15, 0.2) is 0 Å². The Morgan fingerprint density at radius 2 is 1.92 bits per heavy atom. The van der Waals surface area contributed by atoms with E-state index in [0.717, 1.165) is 0 Å². The van der Waals surface area contributed by atoms with Crippen molar-refractivity contribution in [2.45, 2.75) is 18.2 Å². The van der Waals surface area contributed by atoms with Crippen molar-refractivity contribution in [1.29, 1.82) is 0 Å². The summed E-state index contributed by atoms with van der Waals surface area (Å²) in [6.07, 6.45) is 1.59. The summed E-state index contributed by atoms with van der Waals surface area (Å²) in [5.41, 5.74) is 1.15. The molecule has 0 saturated carbocycles. The highest BCUT2D eigenvalue weighted by Crippen LogP contribution is 2.37. The predicted octanol–water partition coefficient (Wildman–Crippen LogP) is 5.57. The normalized spacial score (nSPS) is 10.9. The highest BCUT2D eigenvalue weighted by Gasteiger charge is 2.16. The zero-order chi connectivity index (χ0) is 18.8. The number of hydrogen-bond acceptors (Lipinski definition) is 3. The maximum atomic E-state index is 14.0. The topological polar surface area (TPSA) is 46.5 Å². The Morgan fingerprint density at radius 3 is 2.58 bits per heavy atom. The molecule has 0 atom stereocenters. The number of carboxylic acid groups (broad SMARTS) is 1. The molecule has 0 aromatic heterocycles. The minimum Gasteiger partial charge on any atom is -0.481 e. The molecule has 0 heterocycles. The molecular weight excluding hydrogens is 358 g/mol. The van der Waals surface area contributed by atoms with Crippen LogP contribution in [0.1, 0.15) is 11.1 Å². The first-order valence-corrected chi connectivity index (χ1v) is 9.06. The molecule has 3 aromatic carbocycles. The summed E-state index contributed by atoms with van der Waals surface area (Å²) in [7, 11) is 0. The van der Waals surface area contributed by atoms with E-state index in [2.05, 4.69) is 0 Å². The predicted molar refractivity (Wildman–Crippen MR) is 98.2 cm³/mol. The molecule has 134 valence electrons. The lowest BCUT2D eigenvalue weighted by atomic mass is 9.98. The van der Waals surface area contributed by atoms with E-state index in [0.29, 0.717) is 32.5 Å². The number of ether oxygens (including phenoxy) is 1. The van der Waals surface area contributed by atoms with Crippen LogP contribution in [0.4, 0.5) is 8.78 Å². The van der Waals surface area contributed by atoms with Gasteiger partial charge in [0.1, 0.15) is 23.1 Å². The Bertz CT molecular complexity index is 1000. The second kappa shape index (κ2) is 7.33. The average Bonchev–Trinajstić information content (AvgIpc) is 2.59. The van der Waals surface area contributed by atoms with E-state index in [1.54, 1.807) is 37.4 Å². The minimum atomic E-state index is -0.976. The van der Waals surface area contributed by atoms with Crippen LogP contribution in [0.3, 0.4) is 0 Å². The largest absolute Gasteiger partial charge is 0.481 e. The number of carbonyl (C=O) groups is 1. The summed E-state index contributed by atoms with van der Waals surface area (Å²) in [4.78, 5) is 11.6. The van der Waals surface area contributed by atoms with Crippen molar-refractivity contribution in [2.75, 3.05) is 6.26 Å². The van der Waals surface area contributed by atoms with Crippen LogP contribution in [-0.4, -0.2) is 17.3 Å². The van der Waals surface area contributed by atoms with E-state index < -0.39 is 17.6 Å². The van der Waals surface area contributed by atoms with E-state index in [1.165, 1.54) is 30.0 Å². The Kier molecular flexibility index (Phi) is 5.13. The van der Waals surface area contributed by atoms with Crippen molar-refractivity contribution in [3.63, 3.8) is 0 Å². The van der Waals surface area contributed by atoms with Gasteiger partial charge < -0.3 is 9.84 Å². The van der Waals surface area contributed by atoms with Gasteiger partial charge in [-0.15, -0.1) is 11.8 Å². The van der Waals surface area contributed by atoms with Gasteiger partial charge in [-0.3, -0.25) is 4.79 Å². The van der Waals surface area contributed by atoms with Gasteiger partial charge in [-0.1, -0.05) is 12.1 Å². The minimum absolute atomic E-state index is 0.185. The fourth-order valence-corrected chi connectivity index (χ4v) is 3.26. The first-order chi connectivity index (χ1) is 12.4. The van der Waals surface area contributed by atoms with E-state index in [4.69, 9.17) is 9.84 Å². The Balaban J connectivity index is 2.15. The van der Waals surface area contributed by atoms with Gasteiger partial charge in [0, 0.05) is 16.3 Å². The number of thioether (sulfide) groups is 1. The van der Waals surface area contributed by atoms with E-state index in [1.807, 2.05) is 0 Å². The van der Waals surface area contributed by atoms with Crippen LogP contribution in [0.5, 0.6) is 11.5 Å². The molecule has 6 heteroatoms. The number of carboxylic acids is 1. The van der Waals surface area contributed by atoms with Gasteiger partial charge in [-0.05, 0) is 54.0 Å². The van der Waals surface area contributed by atoms with Crippen LogP contribution in [0.25, 0.3) is 10.8 Å². The van der Waals surface area contributed by atoms with E-state index >= 15 is 0 Å². The van der Waals surface area contributed by atoms with Crippen molar-refractivity contribution >= 4 is 28.5 Å². The fourth-order valence-electron chi connectivity index (χ4n) is 2.80. The first-order valence-electron chi connectivity index (χ1n) is 7.84. The zero-order valence-electron chi connectivity index (χ0n) is 14.2. The Morgan fingerprint density at radius 1 is 1.15 bits per heavy atom. The van der Waals surface area contributed by atoms with Crippen LogP contribution < -0.4 is 4.74 Å². The van der Waals surface area contributed by atoms with Crippen molar-refractivity contribution in [2.24, 2.45) is 0 Å². The van der Waals surface area contributed by atoms with Gasteiger partial charge in [0.05, 0.1) is 6.42 Å². The smallest absolute Gasteiger partial charge is 0.307 e. The molecule has 0 aliphatic heterocycles. The highest BCUT2D eigenvalue weighted by molar-refractivity contribution is 7.98. The van der Waals surface area contributed by atoms with Crippen LogP contribution >= 0.6 is 11.8 Å². The Hall–Kier alpha value is -2.60. The number of hydrogen-bond donors (Lipinski definition) is 1. The van der Waals surface area contributed by atoms with Gasteiger partial charge >= 0.3 is 5.97 Å². The summed E-state index contributed by atoms with van der Waals surface area (Å²) in [5, 5.41) is 10.3. The molecule has 3 nitrogen and oxygen atoms in total. The number of rotatable bonds is 5. The van der Waals surface area contributed by atoms with E-state index in [9.17, 15) is 13.6 Å². The standard InChI is InChI=1S/C20H16F2O3S/c1-11-13(8-19(23)24)7-12-3-4-14(21)9-16(12)20(11)25-15-5-6-18(26-2)17(22)10-15/h3-7,9-10H,8H2,1-2H3,(H,23,24). The SMILES string of the molecule is CSc1ccc(Oc2c(C)c(CC(=O)O)cc3ccc(F)cc23)cc1F. The van der Waals surface area contributed by atoms with Crippen LogP contribution in [-0.2, 0) is 11.2 Å². The number of aliphatic carboxylic acids is 1. The van der Waals surface area contributed by atoms with Gasteiger partial charge in [0.2, 0.25) is 0 Å². The van der Waals surface area contributed by atoms with Crippen molar-refractivity contribution in [3.05, 3.63) is 65.2 Å². The number of fused-ring (bicyclic) bond motifs is 1. The van der Waals surface area contributed by atoms with Gasteiger partial charge in [-0.2, -0.15) is 0 Å². The number of benzene rings is 3. The first kappa shape index (κ1) is 18.2. The summed E-state index contributed by atoms with van der Waals surface area (Å²) in [6, 6.07) is 10.4. The van der Waals surface area contributed by atoms with Crippen LogP contribution in [0, 0.1) is 18.6 Å². The molecular formula is C20H16F2O3S. The summed E-state index contributed by atoms with van der Waals surface area (Å²) < 4.78 is 33.7. The van der Waals surface area contributed by atoms with Crippen molar-refractivity contribution < 1.29 is 23.4 Å². The molecule has 3 aromatic rings. The maximum absolute atomic E-state index is 14.0. The molecule has 26 heavy (non-hydrogen) atoms. The highest BCUT2D eigenvalue weighted by atomic mass is 32.2. The van der Waals surface area contributed by atoms with E-state index in [-0.39, 0.29) is 12.2 Å². The molecule has 0 aliphatic carbocycles.